The molecule has 10 heteroatoms. The average Bonchev–Trinajstić information content (AvgIpc) is 3.17. The summed E-state index contributed by atoms with van der Waals surface area (Å²) in [4.78, 5) is 43.2. The van der Waals surface area contributed by atoms with Gasteiger partial charge in [0.05, 0.1) is 11.4 Å². The Balaban J connectivity index is 1.46. The molecule has 0 spiro atoms. The van der Waals surface area contributed by atoms with Crippen LogP contribution in [0.25, 0.3) is 6.08 Å². The maximum Gasteiger partial charge on any atom is 0.283 e. The molecule has 1 heterocycles. The summed E-state index contributed by atoms with van der Waals surface area (Å²) in [5, 5.41) is 0.226. The van der Waals surface area contributed by atoms with Crippen LogP contribution in [-0.2, 0) is 9.59 Å². The van der Waals surface area contributed by atoms with Gasteiger partial charge in [0, 0.05) is 5.56 Å². The van der Waals surface area contributed by atoms with Crippen molar-refractivity contribution in [3.05, 3.63) is 107 Å². The number of hydrogen-bond acceptors (Lipinski definition) is 5. The van der Waals surface area contributed by atoms with E-state index in [9.17, 15) is 23.2 Å². The van der Waals surface area contributed by atoms with E-state index in [1.165, 1.54) is 41.3 Å². The SMILES string of the molecule is O=C(CSC1=N/C(=C/c2ccccc2)C(=O)N1c1ccc(F)cc1)NNC(=O)c1ccc(F)cc1. The van der Waals surface area contributed by atoms with Crippen LogP contribution in [0.2, 0.25) is 0 Å². The van der Waals surface area contributed by atoms with Gasteiger partial charge in [-0.15, -0.1) is 0 Å². The molecule has 0 atom stereocenters. The third-order valence-electron chi connectivity index (χ3n) is 4.77. The fourth-order valence-corrected chi connectivity index (χ4v) is 3.90. The first-order chi connectivity index (χ1) is 16.9. The molecular formula is C25H18F2N4O3S. The lowest BCUT2D eigenvalue weighted by atomic mass is 10.2. The zero-order chi connectivity index (χ0) is 24.8. The lowest BCUT2D eigenvalue weighted by Crippen LogP contribution is -2.43. The Morgan fingerprint density at radius 3 is 2.17 bits per heavy atom. The first-order valence-electron chi connectivity index (χ1n) is 10.3. The maximum absolute atomic E-state index is 13.4. The zero-order valence-corrected chi connectivity index (χ0v) is 18.9. The highest BCUT2D eigenvalue weighted by Gasteiger charge is 2.32. The van der Waals surface area contributed by atoms with E-state index in [0.29, 0.717) is 5.69 Å². The standard InChI is InChI=1S/C25H18F2N4O3S/c26-18-8-6-17(7-9-18)23(33)30-29-22(32)15-35-25-28-21(14-16-4-2-1-3-5-16)24(34)31(25)20-12-10-19(27)11-13-20/h1-14H,15H2,(H,29,32)(H,30,33)/b21-14+. The molecule has 3 aromatic rings. The van der Waals surface area contributed by atoms with Gasteiger partial charge in [0.15, 0.2) is 5.17 Å². The number of rotatable bonds is 5. The third-order valence-corrected chi connectivity index (χ3v) is 5.71. The molecule has 0 aliphatic carbocycles. The number of anilines is 1. The molecule has 0 fully saturated rings. The van der Waals surface area contributed by atoms with E-state index in [-0.39, 0.29) is 22.2 Å². The van der Waals surface area contributed by atoms with E-state index in [0.717, 1.165) is 29.5 Å². The molecule has 3 aromatic carbocycles. The van der Waals surface area contributed by atoms with E-state index in [4.69, 9.17) is 0 Å². The molecule has 0 saturated heterocycles. The number of amidine groups is 1. The molecule has 3 amide bonds. The number of halogens is 2. The Morgan fingerprint density at radius 1 is 0.886 bits per heavy atom. The van der Waals surface area contributed by atoms with E-state index < -0.39 is 29.4 Å². The molecule has 7 nitrogen and oxygen atoms in total. The number of nitrogens with zero attached hydrogens (tertiary/aromatic N) is 2. The second kappa shape index (κ2) is 10.7. The molecular weight excluding hydrogens is 474 g/mol. The van der Waals surface area contributed by atoms with Crippen LogP contribution < -0.4 is 15.8 Å². The predicted molar refractivity (Wildman–Crippen MR) is 130 cm³/mol. The topological polar surface area (TPSA) is 90.9 Å². The molecule has 2 N–H and O–H groups in total. The average molecular weight is 493 g/mol. The van der Waals surface area contributed by atoms with Crippen molar-refractivity contribution >= 4 is 46.4 Å². The summed E-state index contributed by atoms with van der Waals surface area (Å²) < 4.78 is 26.4. The van der Waals surface area contributed by atoms with Crippen molar-refractivity contribution < 1.29 is 23.2 Å². The molecule has 1 aliphatic heterocycles. The molecule has 176 valence electrons. The minimum Gasteiger partial charge on any atom is -0.272 e. The van der Waals surface area contributed by atoms with E-state index >= 15 is 0 Å². The highest BCUT2D eigenvalue weighted by molar-refractivity contribution is 8.14. The van der Waals surface area contributed by atoms with Crippen molar-refractivity contribution in [2.24, 2.45) is 4.99 Å². The molecule has 0 saturated carbocycles. The van der Waals surface area contributed by atoms with Crippen molar-refractivity contribution in [3.8, 4) is 0 Å². The van der Waals surface area contributed by atoms with Gasteiger partial charge in [-0.05, 0) is 60.2 Å². The van der Waals surface area contributed by atoms with Gasteiger partial charge >= 0.3 is 0 Å². The minimum atomic E-state index is -0.613. The predicted octanol–water partition coefficient (Wildman–Crippen LogP) is 3.90. The summed E-state index contributed by atoms with van der Waals surface area (Å²) >= 11 is 0.974. The Labute approximate surface area is 203 Å². The van der Waals surface area contributed by atoms with Crippen LogP contribution in [0.5, 0.6) is 0 Å². The number of amides is 3. The van der Waals surface area contributed by atoms with Crippen molar-refractivity contribution in [1.29, 1.82) is 0 Å². The summed E-state index contributed by atoms with van der Waals surface area (Å²) in [5.74, 6) is -2.71. The fourth-order valence-electron chi connectivity index (χ4n) is 3.08. The van der Waals surface area contributed by atoms with Crippen LogP contribution in [-0.4, -0.2) is 28.6 Å². The number of nitrogens with one attached hydrogen (secondary N) is 2. The normalized spacial score (nSPS) is 14.1. The van der Waals surface area contributed by atoms with Crippen molar-refractivity contribution in [1.82, 2.24) is 10.9 Å². The summed E-state index contributed by atoms with van der Waals surface area (Å²) in [6, 6.07) is 19.3. The van der Waals surface area contributed by atoms with E-state index in [1.54, 1.807) is 6.08 Å². The lowest BCUT2D eigenvalue weighted by Gasteiger charge is -2.17. The molecule has 35 heavy (non-hydrogen) atoms. The second-order valence-corrected chi connectivity index (χ2v) is 8.19. The molecule has 0 aromatic heterocycles. The molecule has 0 bridgehead atoms. The summed E-state index contributed by atoms with van der Waals surface area (Å²) in [5.41, 5.74) is 6.01. The number of hydrazine groups is 1. The maximum atomic E-state index is 13.4. The van der Waals surface area contributed by atoms with Gasteiger partial charge in [-0.3, -0.25) is 30.1 Å². The highest BCUT2D eigenvalue weighted by atomic mass is 32.2. The van der Waals surface area contributed by atoms with Gasteiger partial charge in [-0.2, -0.15) is 0 Å². The van der Waals surface area contributed by atoms with Crippen LogP contribution >= 0.6 is 11.8 Å². The van der Waals surface area contributed by atoms with E-state index in [1.807, 2.05) is 30.3 Å². The largest absolute Gasteiger partial charge is 0.283 e. The van der Waals surface area contributed by atoms with Crippen molar-refractivity contribution in [2.75, 3.05) is 10.7 Å². The summed E-state index contributed by atoms with van der Waals surface area (Å²) in [6.07, 6.45) is 1.62. The Morgan fingerprint density at radius 2 is 1.51 bits per heavy atom. The number of aliphatic imine (C=N–C) groups is 1. The van der Waals surface area contributed by atoms with Gasteiger partial charge in [-0.25, -0.2) is 13.8 Å². The lowest BCUT2D eigenvalue weighted by molar-refractivity contribution is -0.119. The Bertz CT molecular complexity index is 1310. The van der Waals surface area contributed by atoms with Crippen molar-refractivity contribution in [3.63, 3.8) is 0 Å². The van der Waals surface area contributed by atoms with Gasteiger partial charge in [0.25, 0.3) is 11.8 Å². The van der Waals surface area contributed by atoms with Gasteiger partial charge in [0.2, 0.25) is 5.91 Å². The van der Waals surface area contributed by atoms with Crippen LogP contribution in [0.15, 0.2) is 89.6 Å². The molecule has 1 aliphatic rings. The third kappa shape index (κ3) is 5.98. The van der Waals surface area contributed by atoms with Crippen LogP contribution in [0.3, 0.4) is 0 Å². The second-order valence-electron chi connectivity index (χ2n) is 7.25. The van der Waals surface area contributed by atoms with Crippen molar-refractivity contribution in [2.45, 2.75) is 0 Å². The summed E-state index contributed by atoms with van der Waals surface area (Å²) in [6.45, 7) is 0. The number of thioether (sulfide) groups is 1. The van der Waals surface area contributed by atoms with Gasteiger partial charge in [0.1, 0.15) is 17.3 Å². The zero-order valence-electron chi connectivity index (χ0n) is 18.1. The Kier molecular flexibility index (Phi) is 7.32. The van der Waals surface area contributed by atoms with Gasteiger partial charge in [-0.1, -0.05) is 42.1 Å². The highest BCUT2D eigenvalue weighted by Crippen LogP contribution is 2.29. The van der Waals surface area contributed by atoms with E-state index in [2.05, 4.69) is 15.8 Å². The summed E-state index contributed by atoms with van der Waals surface area (Å²) in [7, 11) is 0. The molecule has 0 unspecified atom stereocenters. The Hall–Kier alpha value is -4.31. The minimum absolute atomic E-state index is 0.160. The number of carbonyl (C=O) groups excluding carboxylic acids is 3. The number of benzene rings is 3. The fraction of sp³-hybridized carbons (Fsp3) is 0.0400. The first kappa shape index (κ1) is 23.8. The van der Waals surface area contributed by atoms with Crippen LogP contribution in [0.1, 0.15) is 15.9 Å². The van der Waals surface area contributed by atoms with Crippen LogP contribution in [0, 0.1) is 11.6 Å². The molecule has 0 radical (unpaired) electrons. The monoisotopic (exact) mass is 492 g/mol. The molecule has 4 rings (SSSR count). The number of carbonyl (C=O) groups is 3. The first-order valence-corrected chi connectivity index (χ1v) is 11.3. The van der Waals surface area contributed by atoms with Crippen LogP contribution in [0.4, 0.5) is 14.5 Å². The van der Waals surface area contributed by atoms with Gasteiger partial charge < -0.3 is 0 Å². The quantitative estimate of drug-likeness (QED) is 0.418. The smallest absolute Gasteiger partial charge is 0.272 e. The number of hydrogen-bond donors (Lipinski definition) is 2.